The number of nitrogens with zero attached hydrogens (tertiary/aromatic N) is 2. The summed E-state index contributed by atoms with van der Waals surface area (Å²) in [6.07, 6.45) is 2.86. The van der Waals surface area contributed by atoms with Crippen molar-refractivity contribution in [2.45, 2.75) is 32.4 Å². The van der Waals surface area contributed by atoms with E-state index in [9.17, 15) is 4.79 Å². The van der Waals surface area contributed by atoms with Crippen LogP contribution in [0.2, 0.25) is 0 Å². The molecule has 0 aromatic carbocycles. The molecule has 5 heteroatoms. The molecule has 2 rings (SSSR count). The minimum atomic E-state index is -0.243. The Hall–Kier alpha value is -1.36. The molecule has 4 atom stereocenters. The first-order chi connectivity index (χ1) is 7.99. The van der Waals surface area contributed by atoms with Crippen LogP contribution in [0.15, 0.2) is 12.3 Å². The quantitative estimate of drug-likeness (QED) is 0.789. The molecule has 5 nitrogen and oxygen atoms in total. The molecule has 17 heavy (non-hydrogen) atoms. The van der Waals surface area contributed by atoms with Crippen LogP contribution in [0, 0.1) is 11.8 Å². The van der Waals surface area contributed by atoms with Crippen LogP contribution in [0.25, 0.3) is 0 Å². The van der Waals surface area contributed by atoms with Gasteiger partial charge in [0.2, 0.25) is 5.91 Å². The Labute approximate surface area is 101 Å². The zero-order valence-corrected chi connectivity index (χ0v) is 10.6. The van der Waals surface area contributed by atoms with E-state index in [4.69, 9.17) is 5.73 Å². The highest BCUT2D eigenvalue weighted by Crippen LogP contribution is 2.34. The fourth-order valence-electron chi connectivity index (χ4n) is 2.82. The van der Waals surface area contributed by atoms with Crippen molar-refractivity contribution in [1.29, 1.82) is 0 Å². The Morgan fingerprint density at radius 3 is 2.82 bits per heavy atom. The number of nitrogens with two attached hydrogens (primary N) is 1. The smallest absolute Gasteiger partial charge is 0.222 e. The van der Waals surface area contributed by atoms with E-state index in [0.29, 0.717) is 6.04 Å². The van der Waals surface area contributed by atoms with Crippen LogP contribution in [0.4, 0.5) is 0 Å². The molecule has 0 aliphatic carbocycles. The SMILES string of the molecule is CC1CC(C)C(C(N)=O)C(c2ccn(C)n2)N1. The minimum absolute atomic E-state index is 0.0625. The predicted molar refractivity (Wildman–Crippen MR) is 65.0 cm³/mol. The summed E-state index contributed by atoms with van der Waals surface area (Å²) in [7, 11) is 1.87. The van der Waals surface area contributed by atoms with Crippen LogP contribution < -0.4 is 11.1 Å². The first-order valence-electron chi connectivity index (χ1n) is 6.04. The summed E-state index contributed by atoms with van der Waals surface area (Å²) in [4.78, 5) is 11.6. The average molecular weight is 236 g/mol. The number of amides is 1. The van der Waals surface area contributed by atoms with Crippen molar-refractivity contribution in [1.82, 2.24) is 15.1 Å². The third-order valence-electron chi connectivity index (χ3n) is 3.54. The molecule has 1 aliphatic heterocycles. The van der Waals surface area contributed by atoms with Crippen molar-refractivity contribution in [3.63, 3.8) is 0 Å². The molecule has 1 aliphatic rings. The number of carbonyl (C=O) groups excluding carboxylic acids is 1. The van der Waals surface area contributed by atoms with E-state index in [1.165, 1.54) is 0 Å². The van der Waals surface area contributed by atoms with E-state index in [1.807, 2.05) is 19.3 Å². The lowest BCUT2D eigenvalue weighted by molar-refractivity contribution is -0.125. The largest absolute Gasteiger partial charge is 0.369 e. The van der Waals surface area contributed by atoms with Gasteiger partial charge in [0.15, 0.2) is 0 Å². The van der Waals surface area contributed by atoms with E-state index >= 15 is 0 Å². The molecule has 94 valence electrons. The topological polar surface area (TPSA) is 72.9 Å². The van der Waals surface area contributed by atoms with Gasteiger partial charge in [0, 0.05) is 19.3 Å². The van der Waals surface area contributed by atoms with E-state index in [-0.39, 0.29) is 23.8 Å². The molecule has 0 radical (unpaired) electrons. The Bertz CT molecular complexity index is 414. The molecule has 1 fully saturated rings. The van der Waals surface area contributed by atoms with Gasteiger partial charge in [-0.1, -0.05) is 6.92 Å². The highest BCUT2D eigenvalue weighted by atomic mass is 16.1. The summed E-state index contributed by atoms with van der Waals surface area (Å²) in [5, 5.41) is 7.81. The number of hydrogen-bond acceptors (Lipinski definition) is 3. The summed E-state index contributed by atoms with van der Waals surface area (Å²) in [6.45, 7) is 4.21. The van der Waals surface area contributed by atoms with Crippen LogP contribution in [0.3, 0.4) is 0 Å². The maximum Gasteiger partial charge on any atom is 0.222 e. The Kier molecular flexibility index (Phi) is 3.19. The van der Waals surface area contributed by atoms with Crippen molar-refractivity contribution in [3.8, 4) is 0 Å². The van der Waals surface area contributed by atoms with Crippen molar-refractivity contribution in [2.24, 2.45) is 24.6 Å². The van der Waals surface area contributed by atoms with Crippen molar-refractivity contribution in [2.75, 3.05) is 0 Å². The fourth-order valence-corrected chi connectivity index (χ4v) is 2.82. The molecule has 0 saturated carbocycles. The first kappa shape index (κ1) is 12.1. The van der Waals surface area contributed by atoms with E-state index in [2.05, 4.69) is 24.3 Å². The third kappa shape index (κ3) is 2.34. The van der Waals surface area contributed by atoms with Crippen LogP contribution in [-0.4, -0.2) is 21.7 Å². The van der Waals surface area contributed by atoms with Gasteiger partial charge in [-0.15, -0.1) is 0 Å². The van der Waals surface area contributed by atoms with Gasteiger partial charge in [0.05, 0.1) is 17.7 Å². The molecule has 0 spiro atoms. The number of primary amides is 1. The minimum Gasteiger partial charge on any atom is -0.369 e. The molecule has 4 unspecified atom stereocenters. The van der Waals surface area contributed by atoms with Crippen LogP contribution >= 0.6 is 0 Å². The van der Waals surface area contributed by atoms with Crippen molar-refractivity contribution >= 4 is 5.91 Å². The summed E-state index contributed by atoms with van der Waals surface area (Å²) in [5.41, 5.74) is 6.42. The summed E-state index contributed by atoms with van der Waals surface area (Å²) >= 11 is 0. The van der Waals surface area contributed by atoms with Crippen LogP contribution in [-0.2, 0) is 11.8 Å². The standard InChI is InChI=1S/C12H20N4O/c1-7-6-8(2)14-11(10(7)12(13)17)9-4-5-16(3)15-9/h4-5,7-8,10-11,14H,6H2,1-3H3,(H2,13,17). The normalized spacial score (nSPS) is 33.6. The Balaban J connectivity index is 2.30. The predicted octanol–water partition coefficient (Wildman–Crippen LogP) is 0.581. The number of hydrogen-bond donors (Lipinski definition) is 2. The zero-order valence-electron chi connectivity index (χ0n) is 10.6. The lowest BCUT2D eigenvalue weighted by atomic mass is 9.78. The third-order valence-corrected chi connectivity index (χ3v) is 3.54. The molecule has 1 aromatic heterocycles. The van der Waals surface area contributed by atoms with Gasteiger partial charge in [-0.2, -0.15) is 5.10 Å². The van der Waals surface area contributed by atoms with E-state index in [1.54, 1.807) is 4.68 Å². The number of rotatable bonds is 2. The van der Waals surface area contributed by atoms with Gasteiger partial charge < -0.3 is 11.1 Å². The lowest BCUT2D eigenvalue weighted by Crippen LogP contribution is -2.49. The fraction of sp³-hybridized carbons (Fsp3) is 0.667. The van der Waals surface area contributed by atoms with Crippen LogP contribution in [0.1, 0.15) is 32.0 Å². The number of nitrogens with one attached hydrogen (secondary N) is 1. The molecule has 2 heterocycles. The maximum atomic E-state index is 11.6. The second-order valence-corrected chi connectivity index (χ2v) is 5.10. The van der Waals surface area contributed by atoms with Gasteiger partial charge in [-0.3, -0.25) is 9.48 Å². The number of aromatic nitrogens is 2. The van der Waals surface area contributed by atoms with Crippen molar-refractivity contribution < 1.29 is 4.79 Å². The number of piperidine rings is 1. The van der Waals surface area contributed by atoms with E-state index < -0.39 is 0 Å². The second kappa shape index (κ2) is 4.49. The molecule has 1 amide bonds. The highest BCUT2D eigenvalue weighted by molar-refractivity contribution is 5.78. The molecular weight excluding hydrogens is 216 g/mol. The monoisotopic (exact) mass is 236 g/mol. The average Bonchev–Trinajstić information content (AvgIpc) is 2.62. The van der Waals surface area contributed by atoms with Gasteiger partial charge in [-0.25, -0.2) is 0 Å². The van der Waals surface area contributed by atoms with Gasteiger partial charge in [-0.05, 0) is 25.3 Å². The molecule has 1 saturated heterocycles. The molecule has 0 bridgehead atoms. The van der Waals surface area contributed by atoms with E-state index in [0.717, 1.165) is 12.1 Å². The molecule has 1 aromatic rings. The zero-order chi connectivity index (χ0) is 12.6. The summed E-state index contributed by atoms with van der Waals surface area (Å²) < 4.78 is 1.75. The van der Waals surface area contributed by atoms with Gasteiger partial charge >= 0.3 is 0 Å². The summed E-state index contributed by atoms with van der Waals surface area (Å²) in [6, 6.07) is 2.26. The number of carbonyl (C=O) groups is 1. The Morgan fingerprint density at radius 2 is 2.29 bits per heavy atom. The first-order valence-corrected chi connectivity index (χ1v) is 6.04. The highest BCUT2D eigenvalue weighted by Gasteiger charge is 2.39. The second-order valence-electron chi connectivity index (χ2n) is 5.10. The number of aryl methyl sites for hydroxylation is 1. The van der Waals surface area contributed by atoms with Crippen LogP contribution in [0.5, 0.6) is 0 Å². The molecular formula is C12H20N4O. The van der Waals surface area contributed by atoms with Gasteiger partial charge in [0.25, 0.3) is 0 Å². The van der Waals surface area contributed by atoms with Crippen molar-refractivity contribution in [3.05, 3.63) is 18.0 Å². The van der Waals surface area contributed by atoms with Gasteiger partial charge in [0.1, 0.15) is 0 Å². The Morgan fingerprint density at radius 1 is 1.59 bits per heavy atom. The maximum absolute atomic E-state index is 11.6. The summed E-state index contributed by atoms with van der Waals surface area (Å²) in [5.74, 6) is -0.135. The molecule has 3 N–H and O–H groups in total. The lowest BCUT2D eigenvalue weighted by Gasteiger charge is -2.38.